The molecule has 0 aliphatic rings. The van der Waals surface area contributed by atoms with Crippen LogP contribution in [-0.4, -0.2) is 35.0 Å². The molecule has 0 fully saturated rings. The summed E-state index contributed by atoms with van der Waals surface area (Å²) in [4.78, 5) is 0.101. The largest absolute Gasteiger partial charge is 0.492 e. The van der Waals surface area contributed by atoms with Crippen molar-refractivity contribution in [2.45, 2.75) is 25.3 Å². The lowest BCUT2D eigenvalue weighted by Crippen LogP contribution is -2.30. The van der Waals surface area contributed by atoms with Crippen molar-refractivity contribution in [3.63, 3.8) is 0 Å². The van der Waals surface area contributed by atoms with Gasteiger partial charge in [-0.1, -0.05) is 30.3 Å². The molecule has 0 bridgehead atoms. The molecule has 4 rings (SSSR count). The normalized spacial score (nSPS) is 11.7. The zero-order valence-electron chi connectivity index (χ0n) is 19.3. The minimum absolute atomic E-state index is 0.101. The van der Waals surface area contributed by atoms with Crippen molar-refractivity contribution in [3.8, 4) is 11.6 Å². The minimum Gasteiger partial charge on any atom is -0.492 e. The molecule has 1 heterocycles. The highest BCUT2D eigenvalue weighted by Gasteiger charge is 2.24. The number of azo groups is 1. The molecule has 4 aromatic rings. The van der Waals surface area contributed by atoms with Crippen molar-refractivity contribution < 1.29 is 18.6 Å². The summed E-state index contributed by atoms with van der Waals surface area (Å²) in [6.45, 7) is 3.51. The molecule has 0 saturated heterocycles. The van der Waals surface area contributed by atoms with Gasteiger partial charge in [-0.15, -0.1) is 5.11 Å². The third kappa shape index (κ3) is 4.93. The maximum atomic E-state index is 13.2. The Hall–Kier alpha value is -4.02. The Morgan fingerprint density at radius 1 is 0.971 bits per heavy atom. The molecule has 1 aromatic heterocycles. The van der Waals surface area contributed by atoms with Gasteiger partial charge in [-0.25, -0.2) is 8.42 Å². The van der Waals surface area contributed by atoms with Crippen LogP contribution in [0, 0.1) is 6.92 Å². The van der Waals surface area contributed by atoms with Crippen molar-refractivity contribution in [2.75, 3.05) is 10.8 Å². The number of benzene rings is 3. The number of sulfonamides is 1. The zero-order valence-corrected chi connectivity index (χ0v) is 20.1. The molecule has 0 atom stereocenters. The van der Waals surface area contributed by atoms with Crippen molar-refractivity contribution in [3.05, 3.63) is 90.1 Å². The van der Waals surface area contributed by atoms with Gasteiger partial charge >= 0.3 is 0 Å². The predicted molar refractivity (Wildman–Crippen MR) is 133 cm³/mol. The molecule has 180 valence electrons. The van der Waals surface area contributed by atoms with Crippen LogP contribution in [0.5, 0.6) is 5.88 Å². The van der Waals surface area contributed by atoms with E-state index in [1.807, 2.05) is 30.3 Å². The van der Waals surface area contributed by atoms with Crippen LogP contribution in [0.2, 0.25) is 0 Å². The molecule has 0 aliphatic heterocycles. The third-order valence-corrected chi connectivity index (χ3v) is 7.28. The Kier molecular flexibility index (Phi) is 6.94. The van der Waals surface area contributed by atoms with Gasteiger partial charge in [0.05, 0.1) is 34.3 Å². The summed E-state index contributed by atoms with van der Waals surface area (Å²) >= 11 is 0. The third-order valence-electron chi connectivity index (χ3n) is 5.36. The highest BCUT2D eigenvalue weighted by Crippen LogP contribution is 2.34. The van der Waals surface area contributed by atoms with Crippen LogP contribution in [0.15, 0.2) is 94.0 Å². The monoisotopic (exact) mass is 491 g/mol. The average molecular weight is 492 g/mol. The highest BCUT2D eigenvalue weighted by molar-refractivity contribution is 7.92. The van der Waals surface area contributed by atoms with Gasteiger partial charge in [0.25, 0.3) is 10.0 Å². The van der Waals surface area contributed by atoms with E-state index in [1.54, 1.807) is 50.2 Å². The van der Waals surface area contributed by atoms with Crippen LogP contribution < -0.4 is 4.31 Å². The van der Waals surface area contributed by atoms with Crippen LogP contribution in [0.4, 0.5) is 17.1 Å². The summed E-state index contributed by atoms with van der Waals surface area (Å²) in [5.74, 6) is -0.139. The van der Waals surface area contributed by atoms with Crippen molar-refractivity contribution >= 4 is 27.1 Å². The van der Waals surface area contributed by atoms with Gasteiger partial charge < -0.3 is 10.2 Å². The van der Waals surface area contributed by atoms with E-state index in [1.165, 1.54) is 21.1 Å². The average Bonchev–Trinajstić information content (AvgIpc) is 3.17. The first kappa shape index (κ1) is 24.1. The first-order valence-electron chi connectivity index (χ1n) is 10.9. The van der Waals surface area contributed by atoms with Gasteiger partial charge in [-0.3, -0.25) is 4.31 Å². The van der Waals surface area contributed by atoms with E-state index in [2.05, 4.69) is 15.3 Å². The van der Waals surface area contributed by atoms with E-state index in [9.17, 15) is 18.6 Å². The van der Waals surface area contributed by atoms with Crippen molar-refractivity contribution in [2.24, 2.45) is 10.2 Å². The molecule has 0 unspecified atom stereocenters. The zero-order chi connectivity index (χ0) is 25.0. The Balaban J connectivity index is 1.58. The van der Waals surface area contributed by atoms with E-state index in [4.69, 9.17) is 0 Å². The molecular formula is C25H25N5O4S. The van der Waals surface area contributed by atoms with Crippen LogP contribution in [0.3, 0.4) is 0 Å². The fourth-order valence-electron chi connectivity index (χ4n) is 3.59. The summed E-state index contributed by atoms with van der Waals surface area (Å²) in [5, 5.41) is 32.6. The second-order valence-corrected chi connectivity index (χ2v) is 9.56. The molecule has 10 heteroatoms. The Bertz CT molecular complexity index is 1450. The highest BCUT2D eigenvalue weighted by atomic mass is 32.2. The first-order valence-corrected chi connectivity index (χ1v) is 12.4. The first-order chi connectivity index (χ1) is 16.8. The SMILES string of the molecule is CCN(c1cccc(CO)c1)S(=O)(=O)c1ccc(/N=N/c2c(C)nn(-c3ccccc3)c2O)cc1. The predicted octanol–water partition coefficient (Wildman–Crippen LogP) is 5.01. The quantitative estimate of drug-likeness (QED) is 0.336. The standard InChI is InChI=1S/C25H25N5O4S/c1-3-29(22-11-7-8-19(16-22)17-31)35(33,34)23-14-12-20(13-15-23)26-27-24-18(2)28-30(25(24)32)21-9-5-4-6-10-21/h4-16,31-32H,3,17H2,1-2H3/b27-26+. The summed E-state index contributed by atoms with van der Waals surface area (Å²) in [5.41, 5.74) is 2.93. The lowest BCUT2D eigenvalue weighted by Gasteiger charge is -2.23. The number of aryl methyl sites for hydroxylation is 1. The maximum Gasteiger partial charge on any atom is 0.264 e. The number of aliphatic hydroxyl groups excluding tert-OH is 1. The molecule has 2 N–H and O–H groups in total. The van der Waals surface area contributed by atoms with E-state index < -0.39 is 10.0 Å². The number of nitrogens with zero attached hydrogens (tertiary/aromatic N) is 5. The molecule has 35 heavy (non-hydrogen) atoms. The summed E-state index contributed by atoms with van der Waals surface area (Å²) < 4.78 is 29.2. The molecule has 9 nitrogen and oxygen atoms in total. The van der Waals surface area contributed by atoms with Gasteiger partial charge in [0, 0.05) is 6.54 Å². The van der Waals surface area contributed by atoms with E-state index in [0.29, 0.717) is 28.3 Å². The minimum atomic E-state index is -3.83. The second kappa shape index (κ2) is 10.1. The van der Waals surface area contributed by atoms with Gasteiger partial charge in [-0.05, 0) is 67.9 Å². The molecule has 0 radical (unpaired) electrons. The number of aromatic hydroxyl groups is 1. The molecule has 0 aliphatic carbocycles. The fourth-order valence-corrected chi connectivity index (χ4v) is 5.06. The molecular weight excluding hydrogens is 466 g/mol. The number of aliphatic hydroxyl groups is 1. The fraction of sp³-hybridized carbons (Fsp3) is 0.160. The molecule has 0 saturated carbocycles. The van der Waals surface area contributed by atoms with E-state index >= 15 is 0 Å². The summed E-state index contributed by atoms with van der Waals surface area (Å²) in [6, 6.07) is 22.0. The van der Waals surface area contributed by atoms with E-state index in [-0.39, 0.29) is 29.6 Å². The number of hydrogen-bond acceptors (Lipinski definition) is 7. The van der Waals surface area contributed by atoms with Gasteiger partial charge in [-0.2, -0.15) is 14.9 Å². The molecule has 0 spiro atoms. The van der Waals surface area contributed by atoms with Gasteiger partial charge in [0.1, 0.15) is 0 Å². The number of rotatable bonds is 8. The number of aromatic nitrogens is 2. The second-order valence-electron chi connectivity index (χ2n) is 7.70. The topological polar surface area (TPSA) is 120 Å². The van der Waals surface area contributed by atoms with Crippen LogP contribution in [0.1, 0.15) is 18.2 Å². The van der Waals surface area contributed by atoms with Crippen molar-refractivity contribution in [1.29, 1.82) is 0 Å². The Morgan fingerprint density at radius 2 is 1.69 bits per heavy atom. The number of hydrogen-bond donors (Lipinski definition) is 2. The number of anilines is 1. The summed E-state index contributed by atoms with van der Waals surface area (Å²) in [7, 11) is -3.83. The Labute approximate surface area is 203 Å². The number of para-hydroxylation sites is 1. The van der Waals surface area contributed by atoms with Crippen LogP contribution in [0.25, 0.3) is 5.69 Å². The molecule has 0 amide bonds. The lowest BCUT2D eigenvalue weighted by atomic mass is 10.2. The van der Waals surface area contributed by atoms with Gasteiger partial charge in [0.2, 0.25) is 5.88 Å². The molecule has 3 aromatic carbocycles. The smallest absolute Gasteiger partial charge is 0.264 e. The maximum absolute atomic E-state index is 13.2. The van der Waals surface area contributed by atoms with Crippen LogP contribution >= 0.6 is 0 Å². The van der Waals surface area contributed by atoms with Crippen LogP contribution in [-0.2, 0) is 16.6 Å². The summed E-state index contributed by atoms with van der Waals surface area (Å²) in [6.07, 6.45) is 0. The Morgan fingerprint density at radius 3 is 2.34 bits per heavy atom. The van der Waals surface area contributed by atoms with Crippen molar-refractivity contribution in [1.82, 2.24) is 9.78 Å². The van der Waals surface area contributed by atoms with Gasteiger partial charge in [0.15, 0.2) is 5.69 Å². The lowest BCUT2D eigenvalue weighted by molar-refractivity contribution is 0.282. The van der Waals surface area contributed by atoms with E-state index in [0.717, 1.165) is 0 Å².